The summed E-state index contributed by atoms with van der Waals surface area (Å²) in [6.07, 6.45) is 3.06. The summed E-state index contributed by atoms with van der Waals surface area (Å²) in [6, 6.07) is 3.60. The lowest BCUT2D eigenvalue weighted by molar-refractivity contribution is 0.104. The van der Waals surface area contributed by atoms with Crippen molar-refractivity contribution in [1.29, 1.82) is 0 Å². The van der Waals surface area contributed by atoms with E-state index in [-0.39, 0.29) is 5.78 Å². The molecule has 0 bridgehead atoms. The van der Waals surface area contributed by atoms with E-state index in [9.17, 15) is 4.79 Å². The number of anilines is 1. The third-order valence-electron chi connectivity index (χ3n) is 2.51. The summed E-state index contributed by atoms with van der Waals surface area (Å²) in [5.74, 6) is -0.104. The van der Waals surface area contributed by atoms with Gasteiger partial charge in [-0.25, -0.2) is 4.98 Å². The van der Waals surface area contributed by atoms with Crippen LogP contribution in [0.25, 0.3) is 11.0 Å². The summed E-state index contributed by atoms with van der Waals surface area (Å²) in [5.41, 5.74) is 7.38. The normalized spacial score (nSPS) is 10.8. The molecule has 84 valence electrons. The first kappa shape index (κ1) is 9.98. The van der Waals surface area contributed by atoms with Gasteiger partial charge in [0.1, 0.15) is 0 Å². The molecule has 0 aliphatic rings. The van der Waals surface area contributed by atoms with Gasteiger partial charge in [-0.2, -0.15) is 5.10 Å². The Morgan fingerprint density at radius 3 is 3.06 bits per heavy atom. The Morgan fingerprint density at radius 1 is 1.41 bits per heavy atom. The molecule has 3 N–H and O–H groups in total. The summed E-state index contributed by atoms with van der Waals surface area (Å²) in [7, 11) is 0. The average Bonchev–Trinajstić information content (AvgIpc) is 3.00. The molecule has 0 saturated carbocycles. The van der Waals surface area contributed by atoms with E-state index < -0.39 is 0 Å². The Balaban J connectivity index is 2.18. The van der Waals surface area contributed by atoms with E-state index in [2.05, 4.69) is 15.2 Å². The minimum atomic E-state index is -0.104. The topological polar surface area (TPSA) is 84.7 Å². The largest absolute Gasteiger partial charge is 0.397 e. The fourth-order valence-corrected chi connectivity index (χ4v) is 2.32. The lowest BCUT2D eigenvalue weighted by atomic mass is 10.1. The van der Waals surface area contributed by atoms with Crippen molar-refractivity contribution in [3.8, 4) is 0 Å². The zero-order chi connectivity index (χ0) is 11.8. The van der Waals surface area contributed by atoms with E-state index in [4.69, 9.17) is 5.73 Å². The molecule has 5 nitrogen and oxygen atoms in total. The summed E-state index contributed by atoms with van der Waals surface area (Å²) >= 11 is 1.39. The molecule has 3 heterocycles. The molecule has 0 aromatic carbocycles. The number of hydrogen-bond donors (Lipinski definition) is 2. The quantitative estimate of drug-likeness (QED) is 0.673. The van der Waals surface area contributed by atoms with Crippen molar-refractivity contribution in [2.24, 2.45) is 0 Å². The summed E-state index contributed by atoms with van der Waals surface area (Å²) in [6.45, 7) is 0. The van der Waals surface area contributed by atoms with Gasteiger partial charge in [-0.15, -0.1) is 11.3 Å². The maximum Gasteiger partial charge on any atom is 0.206 e. The molecule has 3 aromatic rings. The number of nitrogens with one attached hydrogen (secondary N) is 1. The van der Waals surface area contributed by atoms with Crippen LogP contribution >= 0.6 is 11.3 Å². The van der Waals surface area contributed by atoms with Crippen LogP contribution in [-0.2, 0) is 0 Å². The molecule has 0 saturated heterocycles. The number of nitrogens with zero attached hydrogens (tertiary/aromatic N) is 2. The van der Waals surface area contributed by atoms with Gasteiger partial charge in [0.25, 0.3) is 0 Å². The number of fused-ring (bicyclic) bond motifs is 1. The SMILES string of the molecule is Nc1c(C(=O)c2cccs2)cnc2[nH]ncc12. The first-order chi connectivity index (χ1) is 8.27. The minimum Gasteiger partial charge on any atom is -0.397 e. The molecule has 0 atom stereocenters. The van der Waals surface area contributed by atoms with Crippen LogP contribution in [0.2, 0.25) is 0 Å². The zero-order valence-corrected chi connectivity index (χ0v) is 9.49. The van der Waals surface area contributed by atoms with Crippen LogP contribution in [0.3, 0.4) is 0 Å². The predicted octanol–water partition coefficient (Wildman–Crippen LogP) is 1.83. The monoisotopic (exact) mass is 244 g/mol. The van der Waals surface area contributed by atoms with Crippen LogP contribution in [-0.4, -0.2) is 21.0 Å². The standard InChI is InChI=1S/C11H8N4OS/c12-9-6(10(16)8-2-1-3-17-8)4-13-11-7(9)5-14-15-11/h1-5H,(H3,12,13,14,15). The molecule has 0 fully saturated rings. The van der Waals surface area contributed by atoms with Gasteiger partial charge in [0, 0.05) is 6.20 Å². The molecule has 0 unspecified atom stereocenters. The first-order valence-corrected chi connectivity index (χ1v) is 5.81. The number of aromatic amines is 1. The number of ketones is 1. The van der Waals surface area contributed by atoms with E-state index >= 15 is 0 Å². The number of pyridine rings is 1. The Labute approximate surface area is 100 Å². The van der Waals surface area contributed by atoms with Gasteiger partial charge >= 0.3 is 0 Å². The molecular formula is C11H8N4OS. The molecule has 6 heteroatoms. The number of nitrogen functional groups attached to an aromatic ring is 1. The van der Waals surface area contributed by atoms with E-state index in [0.29, 0.717) is 27.2 Å². The second-order valence-corrected chi connectivity index (χ2v) is 4.47. The Hall–Kier alpha value is -2.21. The second-order valence-electron chi connectivity index (χ2n) is 3.52. The number of rotatable bonds is 2. The van der Waals surface area contributed by atoms with Gasteiger partial charge < -0.3 is 5.73 Å². The third-order valence-corrected chi connectivity index (χ3v) is 3.38. The fraction of sp³-hybridized carbons (Fsp3) is 0. The molecular weight excluding hydrogens is 236 g/mol. The Kier molecular flexibility index (Phi) is 2.15. The van der Waals surface area contributed by atoms with Crippen molar-refractivity contribution in [3.05, 3.63) is 40.3 Å². The highest BCUT2D eigenvalue weighted by Gasteiger charge is 2.16. The molecule has 0 aliphatic carbocycles. The van der Waals surface area contributed by atoms with Gasteiger partial charge in [-0.3, -0.25) is 9.89 Å². The maximum atomic E-state index is 12.2. The molecule has 0 aliphatic heterocycles. The zero-order valence-electron chi connectivity index (χ0n) is 8.68. The number of nitrogens with two attached hydrogens (primary N) is 1. The van der Waals surface area contributed by atoms with Crippen molar-refractivity contribution in [2.45, 2.75) is 0 Å². The van der Waals surface area contributed by atoms with Crippen LogP contribution < -0.4 is 5.73 Å². The Morgan fingerprint density at radius 2 is 2.29 bits per heavy atom. The van der Waals surface area contributed by atoms with Gasteiger partial charge in [0.2, 0.25) is 5.78 Å². The smallest absolute Gasteiger partial charge is 0.206 e. The first-order valence-electron chi connectivity index (χ1n) is 4.93. The maximum absolute atomic E-state index is 12.2. The van der Waals surface area contributed by atoms with Crippen LogP contribution in [0.5, 0.6) is 0 Å². The summed E-state index contributed by atoms with van der Waals surface area (Å²) in [4.78, 5) is 16.9. The Bertz CT molecular complexity index is 687. The van der Waals surface area contributed by atoms with Crippen LogP contribution in [0.15, 0.2) is 29.9 Å². The number of thiophene rings is 1. The number of carbonyl (C=O) groups excluding carboxylic acids is 1. The molecule has 0 amide bonds. The molecule has 3 aromatic heterocycles. The lowest BCUT2D eigenvalue weighted by Crippen LogP contribution is -2.04. The summed E-state index contributed by atoms with van der Waals surface area (Å²) in [5, 5.41) is 9.09. The number of aromatic nitrogens is 3. The summed E-state index contributed by atoms with van der Waals surface area (Å²) < 4.78 is 0. The predicted molar refractivity (Wildman–Crippen MR) is 66.1 cm³/mol. The molecule has 0 spiro atoms. The van der Waals surface area contributed by atoms with E-state index in [1.54, 1.807) is 12.3 Å². The van der Waals surface area contributed by atoms with Crippen LogP contribution in [0.1, 0.15) is 15.2 Å². The molecule has 3 rings (SSSR count). The second kappa shape index (κ2) is 3.67. The van der Waals surface area contributed by atoms with Crippen LogP contribution in [0, 0.1) is 0 Å². The lowest BCUT2D eigenvalue weighted by Gasteiger charge is -2.03. The van der Waals surface area contributed by atoms with Crippen molar-refractivity contribution in [2.75, 3.05) is 5.73 Å². The van der Waals surface area contributed by atoms with E-state index in [0.717, 1.165) is 0 Å². The highest BCUT2D eigenvalue weighted by molar-refractivity contribution is 7.12. The number of hydrogen-bond acceptors (Lipinski definition) is 5. The number of carbonyl (C=O) groups is 1. The molecule has 17 heavy (non-hydrogen) atoms. The van der Waals surface area contributed by atoms with Gasteiger partial charge in [0.15, 0.2) is 5.65 Å². The van der Waals surface area contributed by atoms with Crippen molar-refractivity contribution < 1.29 is 4.79 Å². The van der Waals surface area contributed by atoms with Gasteiger partial charge in [-0.1, -0.05) is 6.07 Å². The van der Waals surface area contributed by atoms with E-state index in [1.165, 1.54) is 17.5 Å². The fourth-order valence-electron chi connectivity index (χ4n) is 1.64. The van der Waals surface area contributed by atoms with Crippen molar-refractivity contribution >= 4 is 33.8 Å². The van der Waals surface area contributed by atoms with Crippen LogP contribution in [0.4, 0.5) is 5.69 Å². The minimum absolute atomic E-state index is 0.104. The highest BCUT2D eigenvalue weighted by Crippen LogP contribution is 2.24. The average molecular weight is 244 g/mol. The van der Waals surface area contributed by atoms with Crippen molar-refractivity contribution in [3.63, 3.8) is 0 Å². The highest BCUT2D eigenvalue weighted by atomic mass is 32.1. The molecule has 0 radical (unpaired) electrons. The third kappa shape index (κ3) is 1.50. The van der Waals surface area contributed by atoms with E-state index in [1.807, 2.05) is 11.4 Å². The van der Waals surface area contributed by atoms with Gasteiger partial charge in [0.05, 0.1) is 27.7 Å². The van der Waals surface area contributed by atoms with Crippen molar-refractivity contribution in [1.82, 2.24) is 15.2 Å². The van der Waals surface area contributed by atoms with Gasteiger partial charge in [-0.05, 0) is 11.4 Å². The number of H-pyrrole nitrogens is 1.